The first-order valence-electron chi connectivity index (χ1n) is 16.3. The molecule has 2 aromatic heterocycles. The van der Waals surface area contributed by atoms with Crippen molar-refractivity contribution in [2.24, 2.45) is 0 Å². The van der Waals surface area contributed by atoms with Crippen LogP contribution in [-0.4, -0.2) is 9.13 Å². The van der Waals surface area contributed by atoms with Crippen LogP contribution in [0.3, 0.4) is 0 Å². The van der Waals surface area contributed by atoms with Crippen LogP contribution in [-0.2, 0) is 0 Å². The van der Waals surface area contributed by atoms with Crippen molar-refractivity contribution in [1.82, 2.24) is 9.13 Å². The molecule has 9 aromatic rings. The second-order valence-corrected chi connectivity index (χ2v) is 12.3. The van der Waals surface area contributed by atoms with Crippen LogP contribution in [0, 0.1) is 29.2 Å². The van der Waals surface area contributed by atoms with Gasteiger partial charge in [0.05, 0.1) is 46.0 Å². The van der Waals surface area contributed by atoms with Gasteiger partial charge in [-0.3, -0.25) is 0 Å². The molecule has 0 atom stereocenters. The topological polar surface area (TPSA) is 61.8 Å². The summed E-state index contributed by atoms with van der Waals surface area (Å²) in [5.74, 6) is 0. The average Bonchev–Trinajstić information content (AvgIpc) is 3.69. The quantitative estimate of drug-likeness (QED) is 0.181. The van der Waals surface area contributed by atoms with Gasteiger partial charge in [0.15, 0.2) is 5.69 Å². The minimum absolute atomic E-state index is 0.531. The zero-order valence-corrected chi connectivity index (χ0v) is 26.7. The molecule has 0 aliphatic rings. The van der Waals surface area contributed by atoms with Crippen LogP contribution in [0.5, 0.6) is 0 Å². The largest absolute Gasteiger partial charge is 0.310 e. The Kier molecular flexibility index (Phi) is 6.56. The number of hydrogen-bond acceptors (Lipinski definition) is 2. The van der Waals surface area contributed by atoms with Gasteiger partial charge < -0.3 is 9.13 Å². The molecule has 230 valence electrons. The highest BCUT2D eigenvalue weighted by molar-refractivity contribution is 6.11. The molecule has 9 rings (SSSR count). The minimum Gasteiger partial charge on any atom is -0.310 e. The molecule has 0 spiro atoms. The number of nitriles is 2. The maximum absolute atomic E-state index is 10.7. The molecule has 0 saturated carbocycles. The summed E-state index contributed by atoms with van der Waals surface area (Å²) in [5, 5.41) is 24.7. The molecule has 7 aromatic carbocycles. The maximum Gasteiger partial charge on any atom is 0.189 e. The Bertz CT molecular complexity index is 2900. The number of rotatable bonds is 4. The van der Waals surface area contributed by atoms with Crippen LogP contribution in [0.1, 0.15) is 11.1 Å². The first kappa shape index (κ1) is 28.8. The van der Waals surface area contributed by atoms with Gasteiger partial charge in [-0.2, -0.15) is 10.5 Å². The van der Waals surface area contributed by atoms with Crippen molar-refractivity contribution in [3.05, 3.63) is 174 Å². The lowest BCUT2D eigenvalue weighted by molar-refractivity contribution is 1.18. The van der Waals surface area contributed by atoms with Gasteiger partial charge in [-0.25, -0.2) is 4.85 Å². The Morgan fingerprint density at radius 2 is 1.12 bits per heavy atom. The van der Waals surface area contributed by atoms with Crippen LogP contribution < -0.4 is 0 Å². The molecule has 5 nitrogen and oxygen atoms in total. The smallest absolute Gasteiger partial charge is 0.189 e. The van der Waals surface area contributed by atoms with Crippen molar-refractivity contribution < 1.29 is 0 Å². The number of fused-ring (bicyclic) bond motifs is 6. The van der Waals surface area contributed by atoms with E-state index in [0.717, 1.165) is 66.5 Å². The third kappa shape index (κ3) is 4.31. The van der Waals surface area contributed by atoms with Crippen LogP contribution in [0.15, 0.2) is 152 Å². The van der Waals surface area contributed by atoms with Crippen LogP contribution in [0.25, 0.3) is 82.1 Å². The van der Waals surface area contributed by atoms with Crippen LogP contribution in [0.4, 0.5) is 5.69 Å². The summed E-state index contributed by atoms with van der Waals surface area (Å²) >= 11 is 0. The first-order valence-corrected chi connectivity index (χ1v) is 16.3. The molecule has 0 N–H and O–H groups in total. The van der Waals surface area contributed by atoms with E-state index in [1.807, 2.05) is 78.9 Å². The first-order chi connectivity index (χ1) is 24.7. The van der Waals surface area contributed by atoms with Gasteiger partial charge in [0, 0.05) is 49.4 Å². The van der Waals surface area contributed by atoms with Gasteiger partial charge in [0.1, 0.15) is 6.07 Å². The van der Waals surface area contributed by atoms with Gasteiger partial charge in [-0.05, 0) is 60.2 Å². The minimum atomic E-state index is 0.531. The average molecular weight is 636 g/mol. The normalized spacial score (nSPS) is 11.1. The van der Waals surface area contributed by atoms with E-state index in [9.17, 15) is 10.5 Å². The Balaban J connectivity index is 1.21. The standard InChI is InChI=1S/C45H25N5/c1-48-31-20-23-38-39-25-29(27-46)17-24-44(39)50(45(38)26-31)43-16-7-2-9-35(43)34-13-8-12-33(40(34)28-47)30-18-21-32(22-19-30)49-41-14-5-3-10-36(41)37-11-4-6-15-42(37)49/h2-26H. The Hall–Kier alpha value is -7.39. The van der Waals surface area contributed by atoms with Crippen molar-refractivity contribution in [3.8, 4) is 45.8 Å². The highest BCUT2D eigenvalue weighted by Gasteiger charge is 2.20. The van der Waals surface area contributed by atoms with Gasteiger partial charge in [-0.15, -0.1) is 0 Å². The summed E-state index contributed by atoms with van der Waals surface area (Å²) in [6.07, 6.45) is 0. The van der Waals surface area contributed by atoms with E-state index < -0.39 is 0 Å². The fraction of sp³-hybridized carbons (Fsp3) is 0. The highest BCUT2D eigenvalue weighted by Crippen LogP contribution is 2.41. The number of hydrogen-bond donors (Lipinski definition) is 0. The Morgan fingerprint density at radius 3 is 1.84 bits per heavy atom. The summed E-state index contributed by atoms with van der Waals surface area (Å²) < 4.78 is 4.43. The molecule has 0 aliphatic heterocycles. The Morgan fingerprint density at radius 1 is 0.480 bits per heavy atom. The predicted octanol–water partition coefficient (Wildman–Crippen LogP) is 11.5. The molecular weight excluding hydrogens is 611 g/mol. The monoisotopic (exact) mass is 635 g/mol. The summed E-state index contributed by atoms with van der Waals surface area (Å²) in [6.45, 7) is 7.69. The molecule has 0 saturated heterocycles. The van der Waals surface area contributed by atoms with Gasteiger partial charge in [-0.1, -0.05) is 97.1 Å². The lowest BCUT2D eigenvalue weighted by Gasteiger charge is -2.17. The second kappa shape index (κ2) is 11.4. The Labute approximate surface area is 288 Å². The van der Waals surface area contributed by atoms with E-state index in [1.165, 1.54) is 10.8 Å². The molecule has 5 heteroatoms. The fourth-order valence-electron chi connectivity index (χ4n) is 7.43. The molecule has 0 amide bonds. The van der Waals surface area contributed by atoms with E-state index in [0.29, 0.717) is 16.8 Å². The predicted molar refractivity (Wildman–Crippen MR) is 202 cm³/mol. The third-order valence-corrected chi connectivity index (χ3v) is 9.64. The summed E-state index contributed by atoms with van der Waals surface area (Å²) in [6, 6.07) is 55.6. The van der Waals surface area contributed by atoms with Crippen LogP contribution in [0.2, 0.25) is 0 Å². The zero-order valence-electron chi connectivity index (χ0n) is 26.7. The number of nitrogens with zero attached hydrogens (tertiary/aromatic N) is 5. The van der Waals surface area contributed by atoms with Crippen molar-refractivity contribution in [2.75, 3.05) is 0 Å². The molecule has 0 fully saturated rings. The van der Waals surface area contributed by atoms with E-state index in [4.69, 9.17) is 6.57 Å². The van der Waals surface area contributed by atoms with Crippen molar-refractivity contribution in [1.29, 1.82) is 10.5 Å². The number of para-hydroxylation sites is 3. The number of aromatic nitrogens is 2. The summed E-state index contributed by atoms with van der Waals surface area (Å²) in [7, 11) is 0. The maximum atomic E-state index is 10.7. The van der Waals surface area contributed by atoms with Crippen molar-refractivity contribution in [3.63, 3.8) is 0 Å². The molecule has 0 unspecified atom stereocenters. The lowest BCUT2D eigenvalue weighted by atomic mass is 9.91. The van der Waals surface area contributed by atoms with Gasteiger partial charge in [0.25, 0.3) is 0 Å². The molecule has 0 aliphatic carbocycles. The molecule has 0 bridgehead atoms. The molecule has 2 heterocycles. The lowest BCUT2D eigenvalue weighted by Crippen LogP contribution is -1.99. The van der Waals surface area contributed by atoms with Crippen LogP contribution >= 0.6 is 0 Å². The van der Waals surface area contributed by atoms with Gasteiger partial charge in [0.2, 0.25) is 0 Å². The highest BCUT2D eigenvalue weighted by atomic mass is 15.0. The van der Waals surface area contributed by atoms with Gasteiger partial charge >= 0.3 is 0 Å². The summed E-state index contributed by atoms with van der Waals surface area (Å²) in [5.41, 5.74) is 11.2. The second-order valence-electron chi connectivity index (χ2n) is 12.3. The van der Waals surface area contributed by atoms with E-state index >= 15 is 0 Å². The van der Waals surface area contributed by atoms with E-state index in [1.54, 1.807) is 0 Å². The van der Waals surface area contributed by atoms with E-state index in [-0.39, 0.29) is 0 Å². The van der Waals surface area contributed by atoms with Crippen molar-refractivity contribution in [2.45, 2.75) is 0 Å². The summed E-state index contributed by atoms with van der Waals surface area (Å²) in [4.78, 5) is 3.70. The number of benzene rings is 7. The third-order valence-electron chi connectivity index (χ3n) is 9.64. The fourth-order valence-corrected chi connectivity index (χ4v) is 7.43. The molecule has 0 radical (unpaired) electrons. The molecule has 50 heavy (non-hydrogen) atoms. The van der Waals surface area contributed by atoms with Crippen molar-refractivity contribution >= 4 is 49.3 Å². The SMILES string of the molecule is [C-]#[N+]c1ccc2c3cc(C#N)ccc3n(-c3ccccc3-c3cccc(-c4ccc(-n5c6ccccc6c6ccccc65)cc4)c3C#N)c2c1. The van der Waals surface area contributed by atoms with E-state index in [2.05, 4.69) is 98.9 Å². The molecular formula is C45H25N5. The zero-order chi connectivity index (χ0) is 33.8.